The number of unbranched alkanes of at least 4 members (excludes halogenated alkanes) is 1. The zero-order chi connectivity index (χ0) is 5.54. The zero-order valence-corrected chi connectivity index (χ0v) is 5.07. The van der Waals surface area contributed by atoms with Gasteiger partial charge in [-0.3, -0.25) is 0 Å². The van der Waals surface area contributed by atoms with Crippen molar-refractivity contribution >= 4 is 17.7 Å². The fraction of sp³-hybridized carbons (Fsp3) is 0.500. The van der Waals surface area contributed by atoms with Crippen molar-refractivity contribution in [1.82, 2.24) is 0 Å². The summed E-state index contributed by atoms with van der Waals surface area (Å²) >= 11 is 1.98. The molecule has 0 heterocycles. The second-order valence-electron chi connectivity index (χ2n) is 1.45. The molecule has 34 valence electrons. The molecule has 0 aliphatic rings. The average molecular weight is 88.1 g/mol. The standard InChI is InChI=1S/C6H9.Li/c1-3-5-6-4-2;/h1,5H,4,6H2,2H3;. The van der Waals surface area contributed by atoms with Crippen molar-refractivity contribution in [1.29, 1.82) is 0 Å². The Morgan fingerprint density at radius 2 is 2.43 bits per heavy atom. The maximum atomic E-state index is 3.00. The quantitative estimate of drug-likeness (QED) is 0.355. The molecule has 0 aliphatic heterocycles. The minimum absolute atomic E-state index is 1.16. The second-order valence-corrected chi connectivity index (χ2v) is 1.45. The van der Waals surface area contributed by atoms with Gasteiger partial charge in [0.1, 0.15) is 0 Å². The van der Waals surface area contributed by atoms with E-state index in [1.54, 1.807) is 0 Å². The van der Waals surface area contributed by atoms with Crippen molar-refractivity contribution in [2.45, 2.75) is 19.8 Å². The number of hydrogen-bond acceptors (Lipinski definition) is 0. The van der Waals surface area contributed by atoms with Crippen LogP contribution in [-0.4, -0.2) is 17.7 Å². The predicted molar refractivity (Wildman–Crippen MR) is 33.3 cm³/mol. The molecule has 0 radical (unpaired) electrons. The summed E-state index contributed by atoms with van der Waals surface area (Å²) in [6.45, 7) is 2.16. The van der Waals surface area contributed by atoms with Crippen LogP contribution in [0, 0.1) is 0 Å². The molecule has 0 N–H and O–H groups in total. The molecule has 0 nitrogen and oxygen atoms in total. The third-order valence-electron chi connectivity index (χ3n) is 0.718. The van der Waals surface area contributed by atoms with Gasteiger partial charge in [-0.15, -0.1) is 0 Å². The molecular weight excluding hydrogens is 79.0 g/mol. The van der Waals surface area contributed by atoms with Gasteiger partial charge in [0.25, 0.3) is 0 Å². The molecule has 0 fully saturated rings. The summed E-state index contributed by atoms with van der Waals surface area (Å²) < 4.78 is 1.93. The van der Waals surface area contributed by atoms with E-state index in [2.05, 4.69) is 18.7 Å². The SMILES string of the molecule is [Li][CH]=C=CCCC. The first-order valence-electron chi connectivity index (χ1n) is 2.77. The fourth-order valence-electron chi connectivity index (χ4n) is 0.346. The maximum absolute atomic E-state index is 3.00. The number of allylic oxidation sites excluding steroid dienone is 1. The third kappa shape index (κ3) is 6.12. The van der Waals surface area contributed by atoms with Crippen LogP contribution in [-0.2, 0) is 0 Å². The van der Waals surface area contributed by atoms with Crippen molar-refractivity contribution in [2.75, 3.05) is 0 Å². The summed E-state index contributed by atoms with van der Waals surface area (Å²) in [6.07, 6.45) is 4.44. The first kappa shape index (κ1) is 7.12. The van der Waals surface area contributed by atoms with E-state index in [9.17, 15) is 0 Å². The van der Waals surface area contributed by atoms with Crippen LogP contribution in [0.25, 0.3) is 0 Å². The van der Waals surface area contributed by atoms with Crippen LogP contribution in [0.1, 0.15) is 19.8 Å². The van der Waals surface area contributed by atoms with E-state index in [1.165, 1.54) is 6.42 Å². The van der Waals surface area contributed by atoms with Gasteiger partial charge in [0.2, 0.25) is 0 Å². The van der Waals surface area contributed by atoms with Crippen molar-refractivity contribution in [3.05, 3.63) is 16.6 Å². The van der Waals surface area contributed by atoms with E-state index in [0.717, 1.165) is 6.42 Å². The molecule has 0 aromatic carbocycles. The summed E-state index contributed by atoms with van der Waals surface area (Å²) in [5.41, 5.74) is 3.00. The molecule has 1 heteroatoms. The van der Waals surface area contributed by atoms with Gasteiger partial charge in [0.15, 0.2) is 0 Å². The van der Waals surface area contributed by atoms with Crippen LogP contribution >= 0.6 is 0 Å². The van der Waals surface area contributed by atoms with Crippen LogP contribution < -0.4 is 0 Å². The summed E-state index contributed by atoms with van der Waals surface area (Å²) in [5.74, 6) is 0. The minimum atomic E-state index is 1.16. The second kappa shape index (κ2) is 6.12. The Labute approximate surface area is 54.5 Å². The van der Waals surface area contributed by atoms with Crippen molar-refractivity contribution < 1.29 is 0 Å². The molecule has 0 rings (SSSR count). The summed E-state index contributed by atoms with van der Waals surface area (Å²) in [6, 6.07) is 0. The van der Waals surface area contributed by atoms with E-state index in [4.69, 9.17) is 0 Å². The molecule has 0 aromatic heterocycles. The molecule has 0 unspecified atom stereocenters. The Morgan fingerprint density at radius 3 is 2.86 bits per heavy atom. The topological polar surface area (TPSA) is 0 Å². The van der Waals surface area contributed by atoms with E-state index < -0.39 is 0 Å². The molecule has 0 bridgehead atoms. The van der Waals surface area contributed by atoms with Crippen LogP contribution in [0.4, 0.5) is 0 Å². The predicted octanol–water partition coefficient (Wildman–Crippen LogP) is 1.62. The Bertz CT molecular complexity index is 78.2. The molecule has 0 atom stereocenters. The van der Waals surface area contributed by atoms with Gasteiger partial charge in [0, 0.05) is 0 Å². The Kier molecular flexibility index (Phi) is 6.22. The normalized spacial score (nSPS) is 7.29. The van der Waals surface area contributed by atoms with Gasteiger partial charge in [-0.25, -0.2) is 0 Å². The fourth-order valence-corrected chi connectivity index (χ4v) is 0.346. The summed E-state index contributed by atoms with van der Waals surface area (Å²) in [5, 5.41) is 0. The molecule has 0 saturated carbocycles. The van der Waals surface area contributed by atoms with Crippen LogP contribution in [0.5, 0.6) is 0 Å². The molecule has 0 spiro atoms. The van der Waals surface area contributed by atoms with E-state index in [1.807, 2.05) is 22.5 Å². The molecular formula is C6H9Li. The monoisotopic (exact) mass is 88.1 g/mol. The van der Waals surface area contributed by atoms with Gasteiger partial charge < -0.3 is 0 Å². The average Bonchev–Trinajstić information content (AvgIpc) is 1.69. The molecule has 0 aromatic rings. The van der Waals surface area contributed by atoms with E-state index in [0.29, 0.717) is 0 Å². The van der Waals surface area contributed by atoms with Crippen LogP contribution in [0.3, 0.4) is 0 Å². The number of hydrogen-bond donors (Lipinski definition) is 0. The van der Waals surface area contributed by atoms with Gasteiger partial charge >= 0.3 is 54.0 Å². The molecule has 0 aliphatic carbocycles. The third-order valence-corrected chi connectivity index (χ3v) is 0.718. The van der Waals surface area contributed by atoms with Crippen molar-refractivity contribution in [3.8, 4) is 0 Å². The Balaban J connectivity index is 3.10. The van der Waals surface area contributed by atoms with Crippen LogP contribution in [0.15, 0.2) is 16.6 Å². The van der Waals surface area contributed by atoms with Gasteiger partial charge in [-0.1, -0.05) is 0 Å². The van der Waals surface area contributed by atoms with Crippen molar-refractivity contribution in [2.24, 2.45) is 0 Å². The van der Waals surface area contributed by atoms with Crippen LogP contribution in [0.2, 0.25) is 0 Å². The summed E-state index contributed by atoms with van der Waals surface area (Å²) in [7, 11) is 0. The van der Waals surface area contributed by atoms with Gasteiger partial charge in [-0.05, 0) is 0 Å². The van der Waals surface area contributed by atoms with E-state index in [-0.39, 0.29) is 0 Å². The van der Waals surface area contributed by atoms with E-state index >= 15 is 0 Å². The Morgan fingerprint density at radius 1 is 1.71 bits per heavy atom. The summed E-state index contributed by atoms with van der Waals surface area (Å²) in [4.78, 5) is 0. The molecule has 0 saturated heterocycles. The zero-order valence-electron chi connectivity index (χ0n) is 5.07. The molecule has 7 heavy (non-hydrogen) atoms. The molecule has 0 amide bonds. The Hall–Kier alpha value is 0.117. The number of rotatable bonds is 2. The van der Waals surface area contributed by atoms with Crippen molar-refractivity contribution in [3.63, 3.8) is 0 Å². The first-order chi connectivity index (χ1) is 3.41. The van der Waals surface area contributed by atoms with Gasteiger partial charge in [-0.2, -0.15) is 0 Å². The van der Waals surface area contributed by atoms with Gasteiger partial charge in [0.05, 0.1) is 0 Å². The first-order valence-corrected chi connectivity index (χ1v) is 2.77.